The molecule has 6 nitrogen and oxygen atoms in total. The van der Waals surface area contributed by atoms with E-state index < -0.39 is 0 Å². The molecule has 2 aromatic heterocycles. The Morgan fingerprint density at radius 3 is 2.86 bits per heavy atom. The zero-order valence-corrected chi connectivity index (χ0v) is 16.7. The number of halogens is 2. The molecule has 0 unspecified atom stereocenters. The molecule has 4 rings (SSSR count). The van der Waals surface area contributed by atoms with Gasteiger partial charge in [-0.3, -0.25) is 0 Å². The number of thiazole rings is 1. The van der Waals surface area contributed by atoms with Crippen molar-refractivity contribution >= 4 is 34.7 Å². The lowest BCUT2D eigenvalue weighted by molar-refractivity contribution is 0.305. The SMILES string of the molecule is Fc1ccc(OCc2nc(CSc3nnnn3-c3cccc(Cl)c3)cs2)cc1. The molecule has 0 fully saturated rings. The Bertz CT molecular complexity index is 1070. The molecule has 0 aliphatic rings. The van der Waals surface area contributed by atoms with Crippen molar-refractivity contribution in [3.63, 3.8) is 0 Å². The van der Waals surface area contributed by atoms with Gasteiger partial charge in [0.2, 0.25) is 5.16 Å². The number of aromatic nitrogens is 5. The smallest absolute Gasteiger partial charge is 0.214 e. The van der Waals surface area contributed by atoms with Crippen LogP contribution < -0.4 is 4.74 Å². The Morgan fingerprint density at radius 2 is 2.04 bits per heavy atom. The molecule has 2 heterocycles. The van der Waals surface area contributed by atoms with Crippen LogP contribution in [-0.4, -0.2) is 25.2 Å². The summed E-state index contributed by atoms with van der Waals surface area (Å²) in [6.07, 6.45) is 0. The van der Waals surface area contributed by atoms with Crippen LogP contribution in [0.1, 0.15) is 10.7 Å². The maximum absolute atomic E-state index is 12.9. The molecule has 0 saturated carbocycles. The summed E-state index contributed by atoms with van der Waals surface area (Å²) in [6, 6.07) is 13.3. The first-order valence-corrected chi connectivity index (χ1v) is 10.4. The lowest BCUT2D eigenvalue weighted by Gasteiger charge is -2.04. The Labute approximate surface area is 173 Å². The molecule has 0 saturated heterocycles. The van der Waals surface area contributed by atoms with Gasteiger partial charge in [-0.25, -0.2) is 9.37 Å². The highest BCUT2D eigenvalue weighted by atomic mass is 35.5. The number of hydrogen-bond donors (Lipinski definition) is 0. The monoisotopic (exact) mass is 433 g/mol. The highest BCUT2D eigenvalue weighted by molar-refractivity contribution is 7.98. The van der Waals surface area contributed by atoms with Crippen LogP contribution in [0, 0.1) is 5.82 Å². The summed E-state index contributed by atoms with van der Waals surface area (Å²) < 4.78 is 20.2. The second-order valence-corrected chi connectivity index (χ2v) is 7.94. The normalized spacial score (nSPS) is 10.9. The van der Waals surface area contributed by atoms with Crippen molar-refractivity contribution in [2.75, 3.05) is 0 Å². The number of tetrazole rings is 1. The van der Waals surface area contributed by atoms with E-state index in [-0.39, 0.29) is 5.82 Å². The van der Waals surface area contributed by atoms with Crippen molar-refractivity contribution < 1.29 is 9.13 Å². The Kier molecular flexibility index (Phi) is 5.84. The fourth-order valence-electron chi connectivity index (χ4n) is 2.33. The lowest BCUT2D eigenvalue weighted by atomic mass is 10.3. The molecule has 0 atom stereocenters. The van der Waals surface area contributed by atoms with Gasteiger partial charge in [-0.15, -0.1) is 16.4 Å². The number of hydrogen-bond acceptors (Lipinski definition) is 7. The second kappa shape index (κ2) is 8.68. The molecule has 142 valence electrons. The van der Waals surface area contributed by atoms with E-state index in [0.717, 1.165) is 16.4 Å². The summed E-state index contributed by atoms with van der Waals surface area (Å²) in [5.74, 6) is 0.933. The zero-order valence-electron chi connectivity index (χ0n) is 14.3. The maximum Gasteiger partial charge on any atom is 0.214 e. The van der Waals surface area contributed by atoms with Gasteiger partial charge in [0.1, 0.15) is 23.2 Å². The quantitative estimate of drug-likeness (QED) is 0.391. The van der Waals surface area contributed by atoms with Gasteiger partial charge in [-0.2, -0.15) is 4.68 Å². The minimum Gasteiger partial charge on any atom is -0.486 e. The lowest BCUT2D eigenvalue weighted by Crippen LogP contribution is -1.99. The molecule has 2 aromatic carbocycles. The van der Waals surface area contributed by atoms with Gasteiger partial charge >= 0.3 is 0 Å². The van der Waals surface area contributed by atoms with E-state index in [9.17, 15) is 4.39 Å². The van der Waals surface area contributed by atoms with Gasteiger partial charge in [0.05, 0.1) is 11.4 Å². The van der Waals surface area contributed by atoms with Crippen molar-refractivity contribution in [3.8, 4) is 11.4 Å². The van der Waals surface area contributed by atoms with Crippen molar-refractivity contribution in [3.05, 3.63) is 75.5 Å². The van der Waals surface area contributed by atoms with E-state index in [0.29, 0.717) is 28.3 Å². The summed E-state index contributed by atoms with van der Waals surface area (Å²) in [4.78, 5) is 4.56. The number of benzene rings is 2. The third-order valence-corrected chi connectivity index (χ3v) is 5.68. The van der Waals surface area contributed by atoms with E-state index in [1.54, 1.807) is 28.9 Å². The summed E-state index contributed by atoms with van der Waals surface area (Å²) in [6.45, 7) is 0.335. The first-order chi connectivity index (χ1) is 13.7. The van der Waals surface area contributed by atoms with Gasteiger partial charge in [0.25, 0.3) is 0 Å². The highest BCUT2D eigenvalue weighted by Gasteiger charge is 2.11. The number of nitrogens with zero attached hydrogens (tertiary/aromatic N) is 5. The van der Waals surface area contributed by atoms with Crippen molar-refractivity contribution in [1.29, 1.82) is 0 Å². The topological polar surface area (TPSA) is 65.7 Å². The summed E-state index contributed by atoms with van der Waals surface area (Å²) in [5.41, 5.74) is 1.71. The van der Waals surface area contributed by atoms with E-state index in [4.69, 9.17) is 16.3 Å². The number of thioether (sulfide) groups is 1. The van der Waals surface area contributed by atoms with Gasteiger partial charge in [0, 0.05) is 16.2 Å². The fraction of sp³-hybridized carbons (Fsp3) is 0.111. The third-order valence-electron chi connectivity index (χ3n) is 3.62. The molecule has 28 heavy (non-hydrogen) atoms. The summed E-state index contributed by atoms with van der Waals surface area (Å²) in [5, 5.41) is 15.9. The predicted octanol–water partition coefficient (Wildman–Crippen LogP) is 4.78. The van der Waals surface area contributed by atoms with Crippen molar-refractivity contribution in [2.45, 2.75) is 17.5 Å². The van der Waals surface area contributed by atoms with Crippen molar-refractivity contribution in [1.82, 2.24) is 25.2 Å². The van der Waals surface area contributed by atoms with Gasteiger partial charge < -0.3 is 4.74 Å². The van der Waals surface area contributed by atoms with Crippen LogP contribution in [0.3, 0.4) is 0 Å². The molecule has 0 amide bonds. The first-order valence-electron chi connectivity index (χ1n) is 8.16. The molecule has 10 heteroatoms. The summed E-state index contributed by atoms with van der Waals surface area (Å²) >= 11 is 9.04. The second-order valence-electron chi connectivity index (χ2n) is 5.62. The van der Waals surface area contributed by atoms with E-state index in [2.05, 4.69) is 20.5 Å². The van der Waals surface area contributed by atoms with Crippen LogP contribution in [0.4, 0.5) is 4.39 Å². The van der Waals surface area contributed by atoms with Gasteiger partial charge in [-0.05, 0) is 52.9 Å². The van der Waals surface area contributed by atoms with Crippen molar-refractivity contribution in [2.24, 2.45) is 0 Å². The first kappa shape index (κ1) is 18.9. The van der Waals surface area contributed by atoms with E-state index >= 15 is 0 Å². The molecule has 0 spiro atoms. The minimum absolute atomic E-state index is 0.291. The molecule has 0 aliphatic carbocycles. The zero-order chi connectivity index (χ0) is 19.3. The Hall–Kier alpha value is -2.49. The minimum atomic E-state index is -0.291. The standard InChI is InChI=1S/C18H13ClFN5OS2/c19-12-2-1-3-15(8-12)25-18(22-23-24-25)28-11-14-10-27-17(21-14)9-26-16-6-4-13(20)5-7-16/h1-8,10H,9,11H2. The number of rotatable bonds is 7. The molecule has 0 N–H and O–H groups in total. The Balaban J connectivity index is 1.36. The van der Waals surface area contributed by atoms with Crippen LogP contribution in [0.2, 0.25) is 5.02 Å². The van der Waals surface area contributed by atoms with Gasteiger partial charge in [-0.1, -0.05) is 29.4 Å². The molecule has 0 bridgehead atoms. The van der Waals surface area contributed by atoms with Crippen LogP contribution in [0.15, 0.2) is 59.1 Å². The van der Waals surface area contributed by atoms with E-state index in [1.807, 2.05) is 17.5 Å². The molecular formula is C18H13ClFN5OS2. The fourth-order valence-corrected chi connectivity index (χ4v) is 4.11. The summed E-state index contributed by atoms with van der Waals surface area (Å²) in [7, 11) is 0. The molecular weight excluding hydrogens is 421 g/mol. The predicted molar refractivity (Wildman–Crippen MR) is 107 cm³/mol. The molecule has 0 aliphatic heterocycles. The van der Waals surface area contributed by atoms with Crippen LogP contribution in [0.5, 0.6) is 5.75 Å². The highest BCUT2D eigenvalue weighted by Crippen LogP contribution is 2.25. The average Bonchev–Trinajstić information content (AvgIpc) is 3.35. The largest absolute Gasteiger partial charge is 0.486 e. The molecule has 0 radical (unpaired) electrons. The van der Waals surface area contributed by atoms with Crippen LogP contribution in [-0.2, 0) is 12.4 Å². The Morgan fingerprint density at radius 1 is 1.18 bits per heavy atom. The average molecular weight is 434 g/mol. The van der Waals surface area contributed by atoms with E-state index in [1.165, 1.54) is 35.2 Å². The third kappa shape index (κ3) is 4.67. The van der Waals surface area contributed by atoms with Crippen LogP contribution in [0.25, 0.3) is 5.69 Å². The number of ether oxygens (including phenoxy) is 1. The van der Waals surface area contributed by atoms with Crippen LogP contribution >= 0.6 is 34.7 Å². The molecule has 4 aromatic rings. The van der Waals surface area contributed by atoms with Gasteiger partial charge in [0.15, 0.2) is 0 Å². The maximum atomic E-state index is 12.9.